The summed E-state index contributed by atoms with van der Waals surface area (Å²) < 4.78 is 23.5. The minimum Gasteiger partial charge on any atom is -0.382 e. The van der Waals surface area contributed by atoms with E-state index in [-0.39, 0.29) is 24.4 Å². The molecule has 0 saturated carbocycles. The first-order valence-electron chi connectivity index (χ1n) is 9.34. The first-order valence-corrected chi connectivity index (χ1v) is 9.34. The molecule has 1 fully saturated rings. The lowest BCUT2D eigenvalue weighted by atomic mass is 10.0. The van der Waals surface area contributed by atoms with Gasteiger partial charge in [0.15, 0.2) is 0 Å². The largest absolute Gasteiger partial charge is 0.382 e. The Morgan fingerprint density at radius 3 is 2.62 bits per heavy atom. The van der Waals surface area contributed by atoms with Gasteiger partial charge in [0.05, 0.1) is 13.2 Å². The Morgan fingerprint density at radius 1 is 1.23 bits per heavy atom. The van der Waals surface area contributed by atoms with Gasteiger partial charge in [0.1, 0.15) is 12.4 Å². The molecular formula is C20H31FN2O3. The predicted molar refractivity (Wildman–Crippen MR) is 99.3 cm³/mol. The topological polar surface area (TPSA) is 42.0 Å². The number of hydrogen-bond donors (Lipinski definition) is 0. The van der Waals surface area contributed by atoms with Crippen molar-refractivity contribution in [2.24, 2.45) is 5.92 Å². The van der Waals surface area contributed by atoms with Crippen LogP contribution in [0.5, 0.6) is 0 Å². The second-order valence-corrected chi connectivity index (χ2v) is 7.15. The highest BCUT2D eigenvalue weighted by atomic mass is 19.1. The number of carbonyl (C=O) groups excluding carboxylic acids is 1. The van der Waals surface area contributed by atoms with Gasteiger partial charge in [-0.15, -0.1) is 0 Å². The molecule has 1 heterocycles. The summed E-state index contributed by atoms with van der Waals surface area (Å²) in [5.41, 5.74) is 1.10. The molecule has 0 spiro atoms. The average molecular weight is 366 g/mol. The van der Waals surface area contributed by atoms with Gasteiger partial charge in [-0.1, -0.05) is 26.0 Å². The summed E-state index contributed by atoms with van der Waals surface area (Å²) in [5.74, 6) is 0.240. The molecule has 0 bridgehead atoms. The van der Waals surface area contributed by atoms with Gasteiger partial charge in [-0.05, 0) is 30.0 Å². The fourth-order valence-corrected chi connectivity index (χ4v) is 3.34. The molecule has 1 aliphatic rings. The zero-order valence-electron chi connectivity index (χ0n) is 16.1. The van der Waals surface area contributed by atoms with E-state index in [9.17, 15) is 9.18 Å². The number of nitrogens with zero attached hydrogens (tertiary/aromatic N) is 2. The highest BCUT2D eigenvalue weighted by Gasteiger charge is 2.29. The van der Waals surface area contributed by atoms with Crippen molar-refractivity contribution in [3.05, 3.63) is 35.6 Å². The van der Waals surface area contributed by atoms with E-state index in [0.29, 0.717) is 25.7 Å². The van der Waals surface area contributed by atoms with E-state index in [1.54, 1.807) is 7.11 Å². The summed E-state index contributed by atoms with van der Waals surface area (Å²) in [7, 11) is 1.61. The molecule has 5 nitrogen and oxygen atoms in total. The molecule has 1 aromatic rings. The van der Waals surface area contributed by atoms with Crippen molar-refractivity contribution in [3.63, 3.8) is 0 Å². The Bertz CT molecular complexity index is 550. The standard InChI is InChI=1S/C20H31FN2O3/c1-16(2)19-14-23(20(24)15-26-12-11-25-3)10-4-9-22(19)13-17-5-7-18(21)8-6-17/h5-8,16,19H,4,9-15H2,1-3H3. The summed E-state index contributed by atoms with van der Waals surface area (Å²) in [5, 5.41) is 0. The Morgan fingerprint density at radius 2 is 1.96 bits per heavy atom. The predicted octanol–water partition coefficient (Wildman–Crippen LogP) is 2.55. The normalized spacial score (nSPS) is 19.0. The summed E-state index contributed by atoms with van der Waals surface area (Å²) >= 11 is 0. The molecule has 0 aliphatic carbocycles. The van der Waals surface area contributed by atoms with Crippen LogP contribution in [0, 0.1) is 11.7 Å². The van der Waals surface area contributed by atoms with E-state index in [2.05, 4.69) is 18.7 Å². The van der Waals surface area contributed by atoms with Crippen LogP contribution in [0.1, 0.15) is 25.8 Å². The molecule has 2 rings (SSSR count). The molecule has 0 N–H and O–H groups in total. The average Bonchev–Trinajstić information content (AvgIpc) is 2.83. The Labute approximate surface area is 156 Å². The lowest BCUT2D eigenvalue weighted by molar-refractivity contribution is -0.137. The number of ether oxygens (including phenoxy) is 2. The van der Waals surface area contributed by atoms with Crippen LogP contribution in [-0.2, 0) is 20.8 Å². The number of carbonyl (C=O) groups is 1. The molecular weight excluding hydrogens is 335 g/mol. The minimum atomic E-state index is -0.213. The highest BCUT2D eigenvalue weighted by Crippen LogP contribution is 2.20. The van der Waals surface area contributed by atoms with Crippen LogP contribution < -0.4 is 0 Å². The van der Waals surface area contributed by atoms with Crippen molar-refractivity contribution in [2.45, 2.75) is 32.9 Å². The van der Waals surface area contributed by atoms with E-state index >= 15 is 0 Å². The lowest BCUT2D eigenvalue weighted by Gasteiger charge is -2.34. The van der Waals surface area contributed by atoms with Gasteiger partial charge in [-0.2, -0.15) is 0 Å². The summed E-state index contributed by atoms with van der Waals surface area (Å²) in [6, 6.07) is 6.95. The molecule has 146 valence electrons. The van der Waals surface area contributed by atoms with E-state index in [0.717, 1.165) is 31.6 Å². The van der Waals surface area contributed by atoms with Gasteiger partial charge in [0.2, 0.25) is 5.91 Å². The molecule has 1 atom stereocenters. The van der Waals surface area contributed by atoms with Gasteiger partial charge >= 0.3 is 0 Å². The van der Waals surface area contributed by atoms with Gasteiger partial charge < -0.3 is 14.4 Å². The Hall–Kier alpha value is -1.50. The van der Waals surface area contributed by atoms with Crippen molar-refractivity contribution in [1.29, 1.82) is 0 Å². The van der Waals surface area contributed by atoms with Crippen LogP contribution in [0.25, 0.3) is 0 Å². The van der Waals surface area contributed by atoms with E-state index < -0.39 is 0 Å². The third-order valence-corrected chi connectivity index (χ3v) is 4.83. The number of amides is 1. The first kappa shape index (κ1) is 20.8. The second kappa shape index (κ2) is 10.6. The monoisotopic (exact) mass is 366 g/mol. The molecule has 1 amide bonds. The van der Waals surface area contributed by atoms with E-state index in [4.69, 9.17) is 9.47 Å². The van der Waals surface area contributed by atoms with Crippen LogP contribution in [0.4, 0.5) is 4.39 Å². The van der Waals surface area contributed by atoms with Crippen molar-refractivity contribution in [1.82, 2.24) is 9.80 Å². The Balaban J connectivity index is 1.97. The van der Waals surface area contributed by atoms with E-state index in [1.807, 2.05) is 17.0 Å². The molecule has 0 aromatic heterocycles. The zero-order valence-corrected chi connectivity index (χ0v) is 16.1. The molecule has 1 saturated heterocycles. The number of methoxy groups -OCH3 is 1. The Kier molecular flexibility index (Phi) is 8.48. The number of hydrogen-bond acceptors (Lipinski definition) is 4. The van der Waals surface area contributed by atoms with Gasteiger partial charge in [-0.3, -0.25) is 9.69 Å². The number of rotatable bonds is 8. The summed E-state index contributed by atoms with van der Waals surface area (Å²) in [6.45, 7) is 8.54. The van der Waals surface area contributed by atoms with Gasteiger partial charge in [0, 0.05) is 39.3 Å². The highest BCUT2D eigenvalue weighted by molar-refractivity contribution is 5.77. The van der Waals surface area contributed by atoms with Crippen LogP contribution >= 0.6 is 0 Å². The maximum atomic E-state index is 13.1. The molecule has 1 aliphatic heterocycles. The molecule has 1 unspecified atom stereocenters. The SMILES string of the molecule is COCCOCC(=O)N1CCCN(Cc2ccc(F)cc2)C(C(C)C)C1. The van der Waals surface area contributed by atoms with Gasteiger partial charge in [-0.25, -0.2) is 4.39 Å². The van der Waals surface area contributed by atoms with Crippen LogP contribution in [0.15, 0.2) is 24.3 Å². The van der Waals surface area contributed by atoms with Gasteiger partial charge in [0.25, 0.3) is 0 Å². The molecule has 6 heteroatoms. The number of benzene rings is 1. The number of halogens is 1. The van der Waals surface area contributed by atoms with Crippen LogP contribution in [0.2, 0.25) is 0 Å². The maximum Gasteiger partial charge on any atom is 0.248 e. The first-order chi connectivity index (χ1) is 12.5. The van der Waals surface area contributed by atoms with Crippen LogP contribution in [-0.4, -0.2) is 68.3 Å². The zero-order chi connectivity index (χ0) is 18.9. The lowest BCUT2D eigenvalue weighted by Crippen LogP contribution is -2.46. The maximum absolute atomic E-state index is 13.1. The quantitative estimate of drug-likeness (QED) is 0.663. The molecule has 1 aromatic carbocycles. The second-order valence-electron chi connectivity index (χ2n) is 7.15. The third-order valence-electron chi connectivity index (χ3n) is 4.83. The van der Waals surface area contributed by atoms with Crippen LogP contribution in [0.3, 0.4) is 0 Å². The summed E-state index contributed by atoms with van der Waals surface area (Å²) in [4.78, 5) is 16.8. The fourth-order valence-electron chi connectivity index (χ4n) is 3.34. The third kappa shape index (κ3) is 6.34. The molecule has 0 radical (unpaired) electrons. The van der Waals surface area contributed by atoms with E-state index in [1.165, 1.54) is 12.1 Å². The minimum absolute atomic E-state index is 0.0374. The van der Waals surface area contributed by atoms with Crippen molar-refractivity contribution in [2.75, 3.05) is 46.6 Å². The summed E-state index contributed by atoms with van der Waals surface area (Å²) in [6.07, 6.45) is 0.925. The molecule has 26 heavy (non-hydrogen) atoms. The smallest absolute Gasteiger partial charge is 0.248 e. The van der Waals surface area contributed by atoms with Crippen molar-refractivity contribution in [3.8, 4) is 0 Å². The van der Waals surface area contributed by atoms with Crippen molar-refractivity contribution < 1.29 is 18.7 Å². The fraction of sp³-hybridized carbons (Fsp3) is 0.650. The van der Waals surface area contributed by atoms with Crippen molar-refractivity contribution >= 4 is 5.91 Å².